The first-order valence-corrected chi connectivity index (χ1v) is 3.79. The van der Waals surface area contributed by atoms with Crippen LogP contribution < -0.4 is 0 Å². The molecule has 0 fully saturated rings. The Hall–Kier alpha value is -0.900. The van der Waals surface area contributed by atoms with Gasteiger partial charge in [-0.25, -0.2) is 4.79 Å². The second-order valence-corrected chi connectivity index (χ2v) is 2.87. The lowest BCUT2D eigenvalue weighted by molar-refractivity contribution is -0.165. The third-order valence-electron chi connectivity index (χ3n) is 1.31. The SMILES string of the molecule is CCOC(=O)C(C)(O)CC(C)=O. The normalized spacial score (nSPS) is 15.0. The van der Waals surface area contributed by atoms with Gasteiger partial charge in [0, 0.05) is 6.42 Å². The number of carbonyl (C=O) groups excluding carboxylic acids is 2. The molecule has 70 valence electrons. The molecule has 0 aliphatic heterocycles. The zero-order valence-corrected chi connectivity index (χ0v) is 7.59. The van der Waals surface area contributed by atoms with Crippen LogP contribution >= 0.6 is 0 Å². The van der Waals surface area contributed by atoms with Crippen molar-refractivity contribution in [2.45, 2.75) is 32.8 Å². The number of Topliss-reactive ketones (excluding diaryl/α,β-unsaturated/α-hetero) is 1. The van der Waals surface area contributed by atoms with E-state index in [-0.39, 0.29) is 18.8 Å². The van der Waals surface area contributed by atoms with Crippen LogP contribution in [0.25, 0.3) is 0 Å². The van der Waals surface area contributed by atoms with Gasteiger partial charge < -0.3 is 9.84 Å². The van der Waals surface area contributed by atoms with Crippen molar-refractivity contribution in [2.75, 3.05) is 6.61 Å². The fourth-order valence-electron chi connectivity index (χ4n) is 0.843. The van der Waals surface area contributed by atoms with Crippen LogP contribution in [0.5, 0.6) is 0 Å². The third kappa shape index (κ3) is 3.48. The van der Waals surface area contributed by atoms with Crippen molar-refractivity contribution in [3.63, 3.8) is 0 Å². The Bertz CT molecular complexity index is 183. The van der Waals surface area contributed by atoms with E-state index in [4.69, 9.17) is 0 Å². The van der Waals surface area contributed by atoms with Crippen LogP contribution in [-0.4, -0.2) is 29.1 Å². The van der Waals surface area contributed by atoms with E-state index >= 15 is 0 Å². The summed E-state index contributed by atoms with van der Waals surface area (Å²) in [5.74, 6) is -0.992. The molecular formula is C8H14O4. The molecule has 4 heteroatoms. The molecule has 4 nitrogen and oxygen atoms in total. The molecule has 0 aliphatic carbocycles. The second-order valence-electron chi connectivity index (χ2n) is 2.87. The predicted molar refractivity (Wildman–Crippen MR) is 42.6 cm³/mol. The van der Waals surface area contributed by atoms with Crippen molar-refractivity contribution in [3.8, 4) is 0 Å². The van der Waals surface area contributed by atoms with Crippen LogP contribution in [0.1, 0.15) is 27.2 Å². The quantitative estimate of drug-likeness (QED) is 0.622. The Balaban J connectivity index is 4.18. The second kappa shape index (κ2) is 4.21. The molecule has 0 saturated carbocycles. The Morgan fingerprint density at radius 1 is 1.50 bits per heavy atom. The summed E-state index contributed by atoms with van der Waals surface area (Å²) in [6.07, 6.45) is -0.203. The van der Waals surface area contributed by atoms with E-state index in [9.17, 15) is 14.7 Å². The van der Waals surface area contributed by atoms with E-state index in [1.807, 2.05) is 0 Å². The van der Waals surface area contributed by atoms with Crippen molar-refractivity contribution in [2.24, 2.45) is 0 Å². The molecule has 12 heavy (non-hydrogen) atoms. The van der Waals surface area contributed by atoms with Crippen LogP contribution in [-0.2, 0) is 14.3 Å². The zero-order chi connectivity index (χ0) is 9.78. The van der Waals surface area contributed by atoms with Gasteiger partial charge >= 0.3 is 5.97 Å². The van der Waals surface area contributed by atoms with Crippen molar-refractivity contribution in [1.29, 1.82) is 0 Å². The highest BCUT2D eigenvalue weighted by Gasteiger charge is 2.33. The molecule has 0 radical (unpaired) electrons. The van der Waals surface area contributed by atoms with E-state index in [1.54, 1.807) is 6.92 Å². The summed E-state index contributed by atoms with van der Waals surface area (Å²) in [6.45, 7) is 4.43. The molecular weight excluding hydrogens is 160 g/mol. The molecule has 0 aromatic carbocycles. The van der Waals surface area contributed by atoms with Crippen molar-refractivity contribution < 1.29 is 19.4 Å². The third-order valence-corrected chi connectivity index (χ3v) is 1.31. The molecule has 0 saturated heterocycles. The molecule has 0 aromatic heterocycles. The Morgan fingerprint density at radius 2 is 2.00 bits per heavy atom. The van der Waals surface area contributed by atoms with Gasteiger partial charge in [-0.15, -0.1) is 0 Å². The highest BCUT2D eigenvalue weighted by atomic mass is 16.5. The molecule has 0 aromatic rings. The number of ketones is 1. The summed E-state index contributed by atoms with van der Waals surface area (Å²) in [5, 5.41) is 9.39. The fourth-order valence-corrected chi connectivity index (χ4v) is 0.843. The highest BCUT2D eigenvalue weighted by Crippen LogP contribution is 2.11. The number of hydrogen-bond donors (Lipinski definition) is 1. The minimum atomic E-state index is -1.68. The number of rotatable bonds is 4. The van der Waals surface area contributed by atoms with Gasteiger partial charge in [0.15, 0.2) is 5.60 Å². The van der Waals surface area contributed by atoms with Gasteiger partial charge in [0.05, 0.1) is 6.61 Å². The first-order valence-electron chi connectivity index (χ1n) is 3.79. The minimum Gasteiger partial charge on any atom is -0.464 e. The van der Waals surface area contributed by atoms with Crippen LogP contribution in [0.4, 0.5) is 0 Å². The minimum absolute atomic E-state index is 0.201. The molecule has 0 heterocycles. The predicted octanol–water partition coefficient (Wildman–Crippen LogP) is 0.280. The van der Waals surface area contributed by atoms with E-state index in [1.165, 1.54) is 13.8 Å². The summed E-state index contributed by atoms with van der Waals surface area (Å²) in [4.78, 5) is 21.6. The molecule has 0 amide bonds. The van der Waals surface area contributed by atoms with Gasteiger partial charge in [0.2, 0.25) is 0 Å². The molecule has 1 atom stereocenters. The Labute approximate surface area is 71.5 Å². The molecule has 0 rings (SSSR count). The highest BCUT2D eigenvalue weighted by molar-refractivity contribution is 5.87. The first-order chi connectivity index (χ1) is 5.40. The van der Waals surface area contributed by atoms with Gasteiger partial charge in [-0.3, -0.25) is 4.79 Å². The average Bonchev–Trinajstić information content (AvgIpc) is 1.85. The van der Waals surface area contributed by atoms with Crippen molar-refractivity contribution in [3.05, 3.63) is 0 Å². The lowest BCUT2D eigenvalue weighted by Gasteiger charge is -2.18. The molecule has 0 bridgehead atoms. The fraction of sp³-hybridized carbons (Fsp3) is 0.750. The first kappa shape index (κ1) is 11.1. The van der Waals surface area contributed by atoms with E-state index in [0.717, 1.165) is 0 Å². The summed E-state index contributed by atoms with van der Waals surface area (Å²) in [5.41, 5.74) is -1.68. The Kier molecular flexibility index (Phi) is 3.89. The number of aliphatic hydroxyl groups is 1. The van der Waals surface area contributed by atoms with Gasteiger partial charge in [-0.2, -0.15) is 0 Å². The van der Waals surface area contributed by atoms with Crippen LogP contribution in [0.15, 0.2) is 0 Å². The molecule has 1 N–H and O–H groups in total. The Morgan fingerprint density at radius 3 is 2.33 bits per heavy atom. The monoisotopic (exact) mass is 174 g/mol. The summed E-state index contributed by atoms with van der Waals surface area (Å²) in [6, 6.07) is 0. The van der Waals surface area contributed by atoms with Gasteiger partial charge in [0.25, 0.3) is 0 Å². The summed E-state index contributed by atoms with van der Waals surface area (Å²) in [7, 11) is 0. The number of hydrogen-bond acceptors (Lipinski definition) is 4. The smallest absolute Gasteiger partial charge is 0.338 e. The number of esters is 1. The molecule has 0 aliphatic rings. The molecule has 0 spiro atoms. The lowest BCUT2D eigenvalue weighted by Crippen LogP contribution is -2.38. The zero-order valence-electron chi connectivity index (χ0n) is 7.59. The maximum absolute atomic E-state index is 11.0. The van der Waals surface area contributed by atoms with Crippen LogP contribution in [0.2, 0.25) is 0 Å². The maximum Gasteiger partial charge on any atom is 0.338 e. The largest absolute Gasteiger partial charge is 0.464 e. The summed E-state index contributed by atoms with van der Waals surface area (Å²) >= 11 is 0. The summed E-state index contributed by atoms with van der Waals surface area (Å²) < 4.78 is 4.57. The average molecular weight is 174 g/mol. The standard InChI is InChI=1S/C8H14O4/c1-4-12-7(10)8(3,11)5-6(2)9/h11H,4-5H2,1-3H3. The van der Waals surface area contributed by atoms with Crippen LogP contribution in [0, 0.1) is 0 Å². The van der Waals surface area contributed by atoms with E-state index in [2.05, 4.69) is 4.74 Å². The maximum atomic E-state index is 11.0. The van der Waals surface area contributed by atoms with Gasteiger partial charge in [0.1, 0.15) is 5.78 Å². The number of carbonyl (C=O) groups is 2. The van der Waals surface area contributed by atoms with Crippen molar-refractivity contribution >= 4 is 11.8 Å². The van der Waals surface area contributed by atoms with E-state index < -0.39 is 11.6 Å². The van der Waals surface area contributed by atoms with Crippen molar-refractivity contribution in [1.82, 2.24) is 0 Å². The van der Waals surface area contributed by atoms with Crippen LogP contribution in [0.3, 0.4) is 0 Å². The molecule has 1 unspecified atom stereocenters. The number of ether oxygens (including phenoxy) is 1. The van der Waals surface area contributed by atoms with Gasteiger partial charge in [-0.05, 0) is 20.8 Å². The van der Waals surface area contributed by atoms with E-state index in [0.29, 0.717) is 0 Å². The van der Waals surface area contributed by atoms with Gasteiger partial charge in [-0.1, -0.05) is 0 Å². The topological polar surface area (TPSA) is 63.6 Å². The lowest BCUT2D eigenvalue weighted by atomic mass is 10.0.